The number of pyridine rings is 1. The van der Waals surface area contributed by atoms with Crippen molar-refractivity contribution in [2.24, 2.45) is 5.92 Å². The topological polar surface area (TPSA) is 119 Å². The highest BCUT2D eigenvalue weighted by Gasteiger charge is 2.25. The number of piperidine rings is 1. The summed E-state index contributed by atoms with van der Waals surface area (Å²) >= 11 is 0. The summed E-state index contributed by atoms with van der Waals surface area (Å²) in [7, 11) is 1.69. The summed E-state index contributed by atoms with van der Waals surface area (Å²) in [4.78, 5) is 23.8. The Hall–Kier alpha value is -3.76. The number of benzene rings is 1. The number of nitrogens with one attached hydrogen (secondary N) is 1. The summed E-state index contributed by atoms with van der Waals surface area (Å²) in [5.41, 5.74) is 6.49. The summed E-state index contributed by atoms with van der Waals surface area (Å²) in [6, 6.07) is 6.15. The van der Waals surface area contributed by atoms with Crippen LogP contribution in [0.1, 0.15) is 34.7 Å². The number of rotatable bonds is 8. The predicted molar refractivity (Wildman–Crippen MR) is 141 cm³/mol. The number of fused-ring (bicyclic) bond motifs is 1. The number of carbonyl (C=O) groups excluding carboxylic acids is 1. The number of oxazole rings is 1. The average molecular weight is 505 g/mol. The van der Waals surface area contributed by atoms with E-state index < -0.39 is 0 Å². The molecule has 2 N–H and O–H groups in total. The molecular formula is C27H32N6O4. The van der Waals surface area contributed by atoms with Gasteiger partial charge in [-0.15, -0.1) is 0 Å². The van der Waals surface area contributed by atoms with Gasteiger partial charge < -0.3 is 24.5 Å². The summed E-state index contributed by atoms with van der Waals surface area (Å²) in [6.07, 6.45) is 6.08. The Kier molecular flexibility index (Phi) is 7.20. The molecule has 37 heavy (non-hydrogen) atoms. The minimum atomic E-state index is -0.351. The fourth-order valence-electron chi connectivity index (χ4n) is 5.06. The average Bonchev–Trinajstić information content (AvgIpc) is 3.56. The highest BCUT2D eigenvalue weighted by Crippen LogP contribution is 2.41. The third kappa shape index (κ3) is 4.94. The Morgan fingerprint density at radius 2 is 2.03 bits per heavy atom. The van der Waals surface area contributed by atoms with E-state index in [1.54, 1.807) is 19.4 Å². The van der Waals surface area contributed by atoms with Crippen molar-refractivity contribution >= 4 is 28.2 Å². The van der Waals surface area contributed by atoms with Crippen molar-refractivity contribution in [2.45, 2.75) is 33.2 Å². The van der Waals surface area contributed by atoms with Gasteiger partial charge in [-0.25, -0.2) is 4.98 Å². The number of hydrogen-bond donors (Lipinski definition) is 2. The van der Waals surface area contributed by atoms with Crippen LogP contribution in [0.4, 0.5) is 11.4 Å². The zero-order valence-corrected chi connectivity index (χ0v) is 21.4. The summed E-state index contributed by atoms with van der Waals surface area (Å²) in [5.74, 6) is -0.0362. The molecule has 0 unspecified atom stereocenters. The molecule has 3 aromatic heterocycles. The molecule has 0 radical (unpaired) electrons. The van der Waals surface area contributed by atoms with Crippen molar-refractivity contribution < 1.29 is 19.1 Å². The lowest BCUT2D eigenvalue weighted by molar-refractivity contribution is 0.102. The second-order valence-corrected chi connectivity index (χ2v) is 9.45. The number of amides is 1. The maximum atomic E-state index is 12.9. The number of methoxy groups -OCH3 is 1. The maximum Gasteiger partial charge on any atom is 0.277 e. The fourth-order valence-corrected chi connectivity index (χ4v) is 5.06. The van der Waals surface area contributed by atoms with Crippen molar-refractivity contribution in [1.29, 1.82) is 0 Å². The number of aliphatic hydroxyl groups is 1. The molecule has 1 aromatic carbocycles. The van der Waals surface area contributed by atoms with Gasteiger partial charge in [0.25, 0.3) is 5.91 Å². The Labute approximate surface area is 215 Å². The number of ether oxygens (including phenoxy) is 1. The third-order valence-electron chi connectivity index (χ3n) is 7.10. The lowest BCUT2D eigenvalue weighted by Crippen LogP contribution is -2.35. The molecule has 1 amide bonds. The Morgan fingerprint density at radius 1 is 1.22 bits per heavy atom. The van der Waals surface area contributed by atoms with E-state index in [9.17, 15) is 9.90 Å². The van der Waals surface area contributed by atoms with Crippen LogP contribution in [0.3, 0.4) is 0 Å². The fraction of sp³-hybridized carbons (Fsp3) is 0.407. The first-order chi connectivity index (χ1) is 18.0. The van der Waals surface area contributed by atoms with Crippen LogP contribution in [0, 0.1) is 19.8 Å². The molecule has 10 heteroatoms. The monoisotopic (exact) mass is 504 g/mol. The van der Waals surface area contributed by atoms with Crippen LogP contribution in [0.15, 0.2) is 41.5 Å². The molecule has 1 aliphatic heterocycles. The highest BCUT2D eigenvalue weighted by atomic mass is 16.5. The molecule has 0 aliphatic carbocycles. The van der Waals surface area contributed by atoms with Crippen molar-refractivity contribution in [1.82, 2.24) is 19.7 Å². The molecule has 1 fully saturated rings. The van der Waals surface area contributed by atoms with Crippen molar-refractivity contribution in [2.75, 3.05) is 43.6 Å². The molecule has 194 valence electrons. The number of aromatic nitrogens is 4. The van der Waals surface area contributed by atoms with Crippen molar-refractivity contribution in [3.63, 3.8) is 0 Å². The van der Waals surface area contributed by atoms with E-state index in [4.69, 9.17) is 14.3 Å². The first-order valence-corrected chi connectivity index (χ1v) is 12.5. The molecule has 4 heterocycles. The molecule has 1 aliphatic rings. The second-order valence-electron chi connectivity index (χ2n) is 9.45. The normalized spacial score (nSPS) is 14.4. The Bertz CT molecular complexity index is 1390. The summed E-state index contributed by atoms with van der Waals surface area (Å²) in [5, 5.41) is 18.5. The van der Waals surface area contributed by atoms with Gasteiger partial charge in [0, 0.05) is 60.9 Å². The van der Waals surface area contributed by atoms with Gasteiger partial charge in [0.1, 0.15) is 6.26 Å². The third-order valence-corrected chi connectivity index (χ3v) is 7.10. The minimum absolute atomic E-state index is 0.206. The number of carbonyl (C=O) groups is 1. The zero-order chi connectivity index (χ0) is 25.9. The molecule has 1 saturated heterocycles. The highest BCUT2D eigenvalue weighted by molar-refractivity contribution is 6.06. The van der Waals surface area contributed by atoms with Crippen LogP contribution in [-0.2, 0) is 11.3 Å². The van der Waals surface area contributed by atoms with E-state index in [0.29, 0.717) is 24.8 Å². The van der Waals surface area contributed by atoms with Crippen LogP contribution in [-0.4, -0.2) is 64.2 Å². The number of nitrogens with zero attached hydrogens (tertiary/aromatic N) is 5. The van der Waals surface area contributed by atoms with Crippen molar-refractivity contribution in [3.8, 4) is 11.1 Å². The molecule has 4 aromatic rings. The van der Waals surface area contributed by atoms with Crippen LogP contribution < -0.4 is 10.2 Å². The van der Waals surface area contributed by atoms with Gasteiger partial charge in [0.15, 0.2) is 12.1 Å². The quantitative estimate of drug-likeness (QED) is 0.372. The van der Waals surface area contributed by atoms with Gasteiger partial charge in [-0.2, -0.15) is 5.10 Å². The van der Waals surface area contributed by atoms with E-state index >= 15 is 0 Å². The zero-order valence-electron chi connectivity index (χ0n) is 21.4. The molecule has 0 saturated carbocycles. The number of anilines is 2. The van der Waals surface area contributed by atoms with Gasteiger partial charge in [-0.1, -0.05) is 0 Å². The Morgan fingerprint density at radius 3 is 2.73 bits per heavy atom. The largest absolute Gasteiger partial charge is 0.451 e. The van der Waals surface area contributed by atoms with E-state index in [1.165, 1.54) is 12.7 Å². The predicted octanol–water partition coefficient (Wildman–Crippen LogP) is 3.81. The number of hydrogen-bond acceptors (Lipinski definition) is 8. The molecular weight excluding hydrogens is 472 g/mol. The lowest BCUT2D eigenvalue weighted by atomic mass is 9.93. The van der Waals surface area contributed by atoms with Crippen LogP contribution in [0.2, 0.25) is 0 Å². The van der Waals surface area contributed by atoms with E-state index in [0.717, 1.165) is 65.0 Å². The first kappa shape index (κ1) is 24.9. The summed E-state index contributed by atoms with van der Waals surface area (Å²) in [6.45, 7) is 7.03. The van der Waals surface area contributed by atoms with E-state index in [1.807, 2.05) is 18.5 Å². The molecule has 0 atom stereocenters. The SMILES string of the molecule is COCCn1nc(C)c2cc(-c3c(NC(=O)c4cocn4)ccnc3C)c(N3CCC(CO)CC3)cc21. The standard InChI is InChI=1S/C27H32N6O4/c1-17-20-12-21(26-18(2)28-7-4-22(26)30-27(35)23-15-37-16-29-23)24(32-8-5-19(14-34)6-9-32)13-25(20)33(31-17)10-11-36-3/h4,7,12-13,15-16,19,34H,5-6,8-11,14H2,1-3H3,(H,28,30,35). The smallest absolute Gasteiger partial charge is 0.277 e. The molecule has 5 rings (SSSR count). The van der Waals surface area contributed by atoms with Gasteiger partial charge in [0.05, 0.1) is 30.0 Å². The second kappa shape index (κ2) is 10.7. The van der Waals surface area contributed by atoms with E-state index in [-0.39, 0.29) is 18.2 Å². The van der Waals surface area contributed by atoms with Gasteiger partial charge in [-0.3, -0.25) is 14.5 Å². The summed E-state index contributed by atoms with van der Waals surface area (Å²) < 4.78 is 12.3. The number of aryl methyl sites for hydroxylation is 2. The molecule has 10 nitrogen and oxygen atoms in total. The first-order valence-electron chi connectivity index (χ1n) is 12.5. The van der Waals surface area contributed by atoms with Crippen LogP contribution >= 0.6 is 0 Å². The van der Waals surface area contributed by atoms with Crippen LogP contribution in [0.25, 0.3) is 22.0 Å². The lowest BCUT2D eigenvalue weighted by Gasteiger charge is -2.34. The van der Waals surface area contributed by atoms with Gasteiger partial charge in [0.2, 0.25) is 0 Å². The minimum Gasteiger partial charge on any atom is -0.451 e. The Balaban J connectivity index is 1.65. The van der Waals surface area contributed by atoms with Crippen molar-refractivity contribution in [3.05, 3.63) is 54.1 Å². The molecule has 0 bridgehead atoms. The van der Waals surface area contributed by atoms with Gasteiger partial charge >= 0.3 is 0 Å². The maximum absolute atomic E-state index is 12.9. The molecule has 0 spiro atoms. The van der Waals surface area contributed by atoms with Crippen LogP contribution in [0.5, 0.6) is 0 Å². The van der Waals surface area contributed by atoms with Gasteiger partial charge in [-0.05, 0) is 50.8 Å². The number of aliphatic hydroxyl groups excluding tert-OH is 1. The van der Waals surface area contributed by atoms with E-state index in [2.05, 4.69) is 32.3 Å².